The number of nitrogens with zero attached hydrogens (tertiary/aromatic N) is 2. The molecule has 32 heavy (non-hydrogen) atoms. The van der Waals surface area contributed by atoms with E-state index in [1.54, 1.807) is 50.5 Å². The molecule has 2 aliphatic carbocycles. The van der Waals surface area contributed by atoms with Crippen molar-refractivity contribution in [2.45, 2.75) is 50.0 Å². The molecule has 1 atom stereocenters. The smallest absolute Gasteiger partial charge is 0.311 e. The Balaban J connectivity index is 1.60. The number of nitro groups is 1. The summed E-state index contributed by atoms with van der Waals surface area (Å²) in [4.78, 5) is 24.7. The average Bonchev–Trinajstić information content (AvgIpc) is 3.65. The fourth-order valence-corrected chi connectivity index (χ4v) is 7.04. The minimum atomic E-state index is -2.72. The van der Waals surface area contributed by atoms with Crippen LogP contribution in [-0.4, -0.2) is 41.1 Å². The average molecular weight is 458 g/mol. The van der Waals surface area contributed by atoms with Crippen LogP contribution < -0.4 is 4.74 Å². The van der Waals surface area contributed by atoms with Gasteiger partial charge in [0.2, 0.25) is 13.1 Å². The third-order valence-corrected chi connectivity index (χ3v) is 9.51. The SMILES string of the molecule is C[C@H](OP(=O)(C1CC1)C1CC1)c1ccc([N+](=O)[O-])c(Oc2cccc(C(=O)N(C)C)c2)c1. The van der Waals surface area contributed by atoms with E-state index in [4.69, 9.17) is 9.26 Å². The molecule has 0 saturated heterocycles. The monoisotopic (exact) mass is 458 g/mol. The van der Waals surface area contributed by atoms with Crippen LogP contribution in [0.2, 0.25) is 0 Å². The molecular weight excluding hydrogens is 431 g/mol. The third kappa shape index (κ3) is 4.71. The van der Waals surface area contributed by atoms with Gasteiger partial charge in [-0.2, -0.15) is 0 Å². The lowest BCUT2D eigenvalue weighted by Crippen LogP contribution is -2.21. The molecule has 2 aliphatic rings. The summed E-state index contributed by atoms with van der Waals surface area (Å²) in [5.74, 6) is 0.162. The zero-order valence-electron chi connectivity index (χ0n) is 18.4. The second kappa shape index (κ2) is 8.68. The first kappa shape index (κ1) is 22.5. The summed E-state index contributed by atoms with van der Waals surface area (Å²) in [6.07, 6.45) is 3.29. The highest BCUT2D eigenvalue weighted by Crippen LogP contribution is 2.72. The van der Waals surface area contributed by atoms with Crippen LogP contribution in [0.15, 0.2) is 42.5 Å². The fourth-order valence-electron chi connectivity index (χ4n) is 3.74. The molecule has 0 N–H and O–H groups in total. The summed E-state index contributed by atoms with van der Waals surface area (Å²) in [6.45, 7) is 1.82. The van der Waals surface area contributed by atoms with Gasteiger partial charge in [-0.3, -0.25) is 19.5 Å². The maximum absolute atomic E-state index is 13.4. The molecule has 2 aromatic carbocycles. The number of nitro benzene ring substituents is 1. The van der Waals surface area contributed by atoms with Crippen LogP contribution in [0.3, 0.4) is 0 Å². The summed E-state index contributed by atoms with van der Waals surface area (Å²) >= 11 is 0. The lowest BCUT2D eigenvalue weighted by Gasteiger charge is -2.23. The van der Waals surface area contributed by atoms with Crippen molar-refractivity contribution in [2.24, 2.45) is 0 Å². The highest BCUT2D eigenvalue weighted by molar-refractivity contribution is 7.61. The van der Waals surface area contributed by atoms with Crippen LogP contribution in [0.5, 0.6) is 11.5 Å². The Labute approximate surface area is 187 Å². The first-order chi connectivity index (χ1) is 15.2. The van der Waals surface area contributed by atoms with Gasteiger partial charge in [0.15, 0.2) is 0 Å². The minimum absolute atomic E-state index is 0.0464. The quantitative estimate of drug-likeness (QED) is 0.269. The van der Waals surface area contributed by atoms with Gasteiger partial charge in [0.1, 0.15) is 5.75 Å². The van der Waals surface area contributed by atoms with Crippen LogP contribution in [-0.2, 0) is 9.09 Å². The Morgan fingerprint density at radius 2 is 1.78 bits per heavy atom. The molecule has 1 amide bonds. The second-order valence-corrected chi connectivity index (χ2v) is 11.6. The summed E-state index contributed by atoms with van der Waals surface area (Å²) in [5, 5.41) is 11.6. The number of carbonyl (C=O) groups excluding carboxylic acids is 1. The lowest BCUT2D eigenvalue weighted by molar-refractivity contribution is -0.385. The Morgan fingerprint density at radius 1 is 1.12 bits per heavy atom. The summed E-state index contributed by atoms with van der Waals surface area (Å²) in [5.41, 5.74) is 1.19. The number of ether oxygens (including phenoxy) is 1. The Hall–Kier alpha value is -2.70. The molecule has 2 aromatic rings. The topological polar surface area (TPSA) is 99.0 Å². The van der Waals surface area contributed by atoms with E-state index < -0.39 is 18.4 Å². The van der Waals surface area contributed by atoms with Crippen molar-refractivity contribution < 1.29 is 23.5 Å². The molecule has 4 rings (SSSR count). The van der Waals surface area contributed by atoms with E-state index in [0.29, 0.717) is 16.9 Å². The molecule has 0 aromatic heterocycles. The number of amides is 1. The highest BCUT2D eigenvalue weighted by Gasteiger charge is 2.52. The standard InChI is InChI=1S/C23H27N2O6P/c1-15(31-32(29,19-8-9-19)20-10-11-20)16-7-12-21(25(27)28)22(14-16)30-18-6-4-5-17(13-18)23(26)24(2)3/h4-7,12-15,19-20H,8-11H2,1-3H3/t15-/m0/s1. The largest absolute Gasteiger partial charge is 0.450 e. The second-order valence-electron chi connectivity index (χ2n) is 8.67. The number of rotatable bonds is 9. The zero-order chi connectivity index (χ0) is 23.0. The lowest BCUT2D eigenvalue weighted by atomic mass is 10.1. The van der Waals surface area contributed by atoms with Gasteiger partial charge in [0, 0.05) is 37.0 Å². The van der Waals surface area contributed by atoms with Crippen molar-refractivity contribution >= 4 is 19.0 Å². The Kier molecular flexibility index (Phi) is 6.10. The third-order valence-electron chi connectivity index (χ3n) is 5.80. The van der Waals surface area contributed by atoms with Gasteiger partial charge < -0.3 is 14.2 Å². The van der Waals surface area contributed by atoms with Crippen molar-refractivity contribution in [3.05, 3.63) is 63.7 Å². The maximum atomic E-state index is 13.4. The van der Waals surface area contributed by atoms with E-state index >= 15 is 0 Å². The van der Waals surface area contributed by atoms with Crippen molar-refractivity contribution in [3.8, 4) is 11.5 Å². The Bertz CT molecular complexity index is 1080. The molecule has 9 heteroatoms. The number of carbonyl (C=O) groups is 1. The molecule has 0 spiro atoms. The van der Waals surface area contributed by atoms with Gasteiger partial charge in [-0.05, 0) is 68.5 Å². The zero-order valence-corrected chi connectivity index (χ0v) is 19.3. The summed E-state index contributed by atoms with van der Waals surface area (Å²) < 4.78 is 25.4. The van der Waals surface area contributed by atoms with E-state index in [2.05, 4.69) is 0 Å². The van der Waals surface area contributed by atoms with Gasteiger partial charge in [0.05, 0.1) is 11.0 Å². The molecule has 2 saturated carbocycles. The predicted octanol–water partition coefficient (Wildman–Crippen LogP) is 5.77. The molecule has 0 radical (unpaired) electrons. The summed E-state index contributed by atoms with van der Waals surface area (Å²) in [7, 11) is 0.574. The molecule has 8 nitrogen and oxygen atoms in total. The molecule has 2 fully saturated rings. The number of hydrogen-bond donors (Lipinski definition) is 0. The van der Waals surface area contributed by atoms with Crippen LogP contribution in [0.25, 0.3) is 0 Å². The molecule has 170 valence electrons. The van der Waals surface area contributed by atoms with Crippen LogP contribution in [0.4, 0.5) is 5.69 Å². The van der Waals surface area contributed by atoms with Crippen molar-refractivity contribution in [1.29, 1.82) is 0 Å². The number of hydrogen-bond acceptors (Lipinski definition) is 6. The first-order valence-corrected chi connectivity index (χ1v) is 12.5. The molecule has 0 unspecified atom stereocenters. The van der Waals surface area contributed by atoms with Crippen molar-refractivity contribution in [1.82, 2.24) is 4.90 Å². The molecular formula is C23H27N2O6P. The van der Waals surface area contributed by atoms with E-state index in [9.17, 15) is 19.5 Å². The minimum Gasteiger partial charge on any atom is -0.450 e. The highest BCUT2D eigenvalue weighted by atomic mass is 31.2. The number of benzene rings is 2. The predicted molar refractivity (Wildman–Crippen MR) is 121 cm³/mol. The van der Waals surface area contributed by atoms with Gasteiger partial charge in [-0.25, -0.2) is 0 Å². The van der Waals surface area contributed by atoms with Crippen LogP contribution in [0, 0.1) is 10.1 Å². The molecule has 0 aliphatic heterocycles. The van der Waals surface area contributed by atoms with Crippen LogP contribution in [0.1, 0.15) is 54.6 Å². The Morgan fingerprint density at radius 3 is 2.34 bits per heavy atom. The molecule has 0 bridgehead atoms. The molecule has 0 heterocycles. The van der Waals surface area contributed by atoms with Crippen LogP contribution >= 0.6 is 7.37 Å². The first-order valence-electron chi connectivity index (χ1n) is 10.7. The fraction of sp³-hybridized carbons (Fsp3) is 0.435. The van der Waals surface area contributed by atoms with Crippen molar-refractivity contribution in [2.75, 3.05) is 14.1 Å². The van der Waals surface area contributed by atoms with Gasteiger partial charge in [-0.1, -0.05) is 6.07 Å². The van der Waals surface area contributed by atoms with E-state index in [-0.39, 0.29) is 28.7 Å². The maximum Gasteiger partial charge on any atom is 0.311 e. The van der Waals surface area contributed by atoms with Crippen molar-refractivity contribution in [3.63, 3.8) is 0 Å². The van der Waals surface area contributed by atoms with Gasteiger partial charge in [-0.15, -0.1) is 0 Å². The van der Waals surface area contributed by atoms with Gasteiger partial charge >= 0.3 is 5.69 Å². The van der Waals surface area contributed by atoms with E-state index in [1.165, 1.54) is 11.0 Å². The van der Waals surface area contributed by atoms with E-state index in [0.717, 1.165) is 25.7 Å². The van der Waals surface area contributed by atoms with Gasteiger partial charge in [0.25, 0.3) is 5.91 Å². The summed E-state index contributed by atoms with van der Waals surface area (Å²) in [6, 6.07) is 11.1. The van der Waals surface area contributed by atoms with E-state index in [1.807, 2.05) is 6.92 Å². The normalized spacial score (nSPS) is 17.0.